The standard InChI is InChI=1S/C19H5F5N6O4S/c20-12-13(21)15(23)17(16(24)14(12)22)35-19-9(5-26)11(8(4-25)18(27)28-19)7-2-1-6(29(31)32)3-10(7)30(33)34/h1-3H,(H2,27,28). The molecule has 0 amide bonds. The molecule has 176 valence electrons. The van der Waals surface area contributed by atoms with E-state index in [0.717, 1.165) is 12.1 Å². The molecule has 0 fully saturated rings. The van der Waals surface area contributed by atoms with Crippen LogP contribution in [0.3, 0.4) is 0 Å². The Kier molecular flexibility index (Phi) is 6.52. The molecule has 0 spiro atoms. The largest absolute Gasteiger partial charge is 0.383 e. The molecule has 0 atom stereocenters. The topological polar surface area (TPSA) is 173 Å². The summed E-state index contributed by atoms with van der Waals surface area (Å²) in [7, 11) is 0. The Bertz CT molecular complexity index is 1510. The zero-order valence-electron chi connectivity index (χ0n) is 16.5. The molecule has 10 nitrogen and oxygen atoms in total. The zero-order chi connectivity index (χ0) is 26.2. The first-order chi connectivity index (χ1) is 16.4. The van der Waals surface area contributed by atoms with Crippen molar-refractivity contribution in [1.82, 2.24) is 4.98 Å². The number of halogens is 5. The lowest BCUT2D eigenvalue weighted by molar-refractivity contribution is -0.393. The first-order valence-corrected chi connectivity index (χ1v) is 9.52. The molecule has 0 saturated heterocycles. The highest BCUT2D eigenvalue weighted by Crippen LogP contribution is 2.43. The summed E-state index contributed by atoms with van der Waals surface area (Å²) in [5.41, 5.74) is 1.56. The maximum Gasteiger partial charge on any atom is 0.284 e. The number of nitro benzene ring substituents is 2. The third-order valence-corrected chi connectivity index (χ3v) is 5.49. The van der Waals surface area contributed by atoms with Gasteiger partial charge in [-0.05, 0) is 6.07 Å². The van der Waals surface area contributed by atoms with E-state index < -0.39 is 88.3 Å². The highest BCUT2D eigenvalue weighted by Gasteiger charge is 2.31. The van der Waals surface area contributed by atoms with Crippen LogP contribution in [0.2, 0.25) is 0 Å². The summed E-state index contributed by atoms with van der Waals surface area (Å²) in [5.74, 6) is -12.2. The number of pyridine rings is 1. The van der Waals surface area contributed by atoms with E-state index in [2.05, 4.69) is 4.98 Å². The molecule has 0 aliphatic carbocycles. The molecule has 1 heterocycles. The van der Waals surface area contributed by atoms with Gasteiger partial charge in [0.1, 0.15) is 28.5 Å². The second-order valence-electron chi connectivity index (χ2n) is 6.37. The van der Waals surface area contributed by atoms with Gasteiger partial charge >= 0.3 is 0 Å². The highest BCUT2D eigenvalue weighted by molar-refractivity contribution is 7.99. The van der Waals surface area contributed by atoms with Crippen LogP contribution in [0.4, 0.5) is 39.1 Å². The van der Waals surface area contributed by atoms with Crippen molar-refractivity contribution in [2.45, 2.75) is 9.92 Å². The number of nitro groups is 2. The molecule has 0 aliphatic rings. The molecule has 0 unspecified atom stereocenters. The van der Waals surface area contributed by atoms with Crippen molar-refractivity contribution in [3.05, 3.63) is 78.6 Å². The lowest BCUT2D eigenvalue weighted by Crippen LogP contribution is -2.07. The van der Waals surface area contributed by atoms with Gasteiger partial charge in [-0.25, -0.2) is 26.9 Å². The summed E-state index contributed by atoms with van der Waals surface area (Å²) in [6, 6.07) is 5.26. The number of hydrogen-bond donors (Lipinski definition) is 1. The van der Waals surface area contributed by atoms with E-state index in [9.17, 15) is 52.7 Å². The average Bonchev–Trinajstić information content (AvgIpc) is 2.83. The van der Waals surface area contributed by atoms with E-state index >= 15 is 0 Å². The van der Waals surface area contributed by atoms with E-state index in [-0.39, 0.29) is 11.8 Å². The third kappa shape index (κ3) is 4.13. The highest BCUT2D eigenvalue weighted by atomic mass is 32.2. The summed E-state index contributed by atoms with van der Waals surface area (Å²) in [6.07, 6.45) is 0. The predicted octanol–water partition coefficient (Wildman–Crippen LogP) is 4.74. The lowest BCUT2D eigenvalue weighted by Gasteiger charge is -2.14. The molecule has 1 aromatic heterocycles. The third-order valence-electron chi connectivity index (χ3n) is 4.44. The summed E-state index contributed by atoms with van der Waals surface area (Å²) in [4.78, 5) is 22.7. The quantitative estimate of drug-likeness (QED) is 0.168. The minimum atomic E-state index is -2.43. The molecule has 0 bridgehead atoms. The van der Waals surface area contributed by atoms with E-state index in [0.29, 0.717) is 6.07 Å². The summed E-state index contributed by atoms with van der Waals surface area (Å²) < 4.78 is 69.0. The second-order valence-corrected chi connectivity index (χ2v) is 7.37. The number of nitriles is 2. The Hall–Kier alpha value is -4.83. The number of anilines is 1. The molecule has 2 aromatic carbocycles. The lowest BCUT2D eigenvalue weighted by atomic mass is 9.95. The number of hydrogen-bond acceptors (Lipinski definition) is 9. The van der Waals surface area contributed by atoms with Crippen LogP contribution in [-0.4, -0.2) is 14.8 Å². The maximum atomic E-state index is 14.2. The number of nitrogen functional groups attached to an aromatic ring is 1. The van der Waals surface area contributed by atoms with E-state index in [1.165, 1.54) is 6.07 Å². The van der Waals surface area contributed by atoms with Crippen LogP contribution >= 0.6 is 11.8 Å². The fourth-order valence-electron chi connectivity index (χ4n) is 2.91. The van der Waals surface area contributed by atoms with E-state index in [1.807, 2.05) is 0 Å². The van der Waals surface area contributed by atoms with Gasteiger partial charge < -0.3 is 5.73 Å². The fraction of sp³-hybridized carbons (Fsp3) is 0. The van der Waals surface area contributed by atoms with Crippen molar-refractivity contribution >= 4 is 29.0 Å². The van der Waals surface area contributed by atoms with Crippen LogP contribution in [0.25, 0.3) is 11.1 Å². The molecule has 0 aliphatic heterocycles. The van der Waals surface area contributed by atoms with Crippen molar-refractivity contribution in [1.29, 1.82) is 10.5 Å². The molecular weight excluding hydrogens is 503 g/mol. The monoisotopic (exact) mass is 508 g/mol. The minimum Gasteiger partial charge on any atom is -0.383 e. The van der Waals surface area contributed by atoms with Gasteiger partial charge in [-0.1, -0.05) is 11.8 Å². The Labute approximate surface area is 194 Å². The number of nitrogens with zero attached hydrogens (tertiary/aromatic N) is 5. The summed E-state index contributed by atoms with van der Waals surface area (Å²) in [5, 5.41) is 41.0. The van der Waals surface area contributed by atoms with Gasteiger partial charge in [0, 0.05) is 11.6 Å². The Morgan fingerprint density at radius 2 is 1.43 bits per heavy atom. The molecule has 0 radical (unpaired) electrons. The van der Waals surface area contributed by atoms with Gasteiger partial charge in [0.15, 0.2) is 23.3 Å². The summed E-state index contributed by atoms with van der Waals surface area (Å²) in [6.45, 7) is 0. The number of rotatable bonds is 5. The predicted molar refractivity (Wildman–Crippen MR) is 107 cm³/mol. The number of non-ortho nitro benzene ring substituents is 1. The van der Waals surface area contributed by atoms with Crippen molar-refractivity contribution in [2.24, 2.45) is 0 Å². The van der Waals surface area contributed by atoms with Crippen LogP contribution < -0.4 is 5.73 Å². The maximum absolute atomic E-state index is 14.2. The molecule has 0 saturated carbocycles. The molecule has 35 heavy (non-hydrogen) atoms. The van der Waals surface area contributed by atoms with Crippen LogP contribution in [0.5, 0.6) is 0 Å². The second kappa shape index (κ2) is 9.20. The van der Waals surface area contributed by atoms with E-state index in [1.54, 1.807) is 6.07 Å². The Morgan fingerprint density at radius 3 is 1.91 bits per heavy atom. The van der Waals surface area contributed by atoms with Crippen molar-refractivity contribution in [3.63, 3.8) is 0 Å². The van der Waals surface area contributed by atoms with Gasteiger partial charge in [-0.2, -0.15) is 10.5 Å². The molecule has 16 heteroatoms. The SMILES string of the molecule is N#Cc1c(N)nc(Sc2c(F)c(F)c(F)c(F)c2F)c(C#N)c1-c1ccc([N+](=O)[O-])cc1[N+](=O)[O-]. The number of benzene rings is 2. The Morgan fingerprint density at radius 1 is 0.886 bits per heavy atom. The van der Waals surface area contributed by atoms with Gasteiger partial charge in [0.2, 0.25) is 5.82 Å². The van der Waals surface area contributed by atoms with Gasteiger partial charge in [-0.3, -0.25) is 20.2 Å². The normalized spacial score (nSPS) is 10.5. The summed E-state index contributed by atoms with van der Waals surface area (Å²) >= 11 is -0.204. The fourth-order valence-corrected chi connectivity index (χ4v) is 3.85. The zero-order valence-corrected chi connectivity index (χ0v) is 17.3. The molecule has 3 aromatic rings. The van der Waals surface area contributed by atoms with Gasteiger partial charge in [0.05, 0.1) is 31.9 Å². The molecule has 3 rings (SSSR count). The van der Waals surface area contributed by atoms with Crippen LogP contribution in [0.15, 0.2) is 28.1 Å². The van der Waals surface area contributed by atoms with Crippen molar-refractivity contribution < 1.29 is 31.8 Å². The van der Waals surface area contributed by atoms with Crippen LogP contribution in [-0.2, 0) is 0 Å². The smallest absolute Gasteiger partial charge is 0.284 e. The van der Waals surface area contributed by atoms with E-state index in [4.69, 9.17) is 5.73 Å². The van der Waals surface area contributed by atoms with Crippen molar-refractivity contribution in [2.75, 3.05) is 5.73 Å². The number of nitrogens with two attached hydrogens (primary N) is 1. The van der Waals surface area contributed by atoms with Crippen molar-refractivity contribution in [3.8, 4) is 23.3 Å². The van der Waals surface area contributed by atoms with Crippen LogP contribution in [0.1, 0.15) is 11.1 Å². The van der Waals surface area contributed by atoms with Gasteiger partial charge in [-0.15, -0.1) is 0 Å². The van der Waals surface area contributed by atoms with Crippen LogP contribution in [0, 0.1) is 72.0 Å². The molecule has 2 N–H and O–H groups in total. The Balaban J connectivity index is 2.39. The first-order valence-electron chi connectivity index (χ1n) is 8.70. The first kappa shape index (κ1) is 24.8. The number of aromatic nitrogens is 1. The average molecular weight is 508 g/mol. The minimum absolute atomic E-state index is 0.204. The van der Waals surface area contributed by atoms with Gasteiger partial charge in [0.25, 0.3) is 11.4 Å². The molecular formula is C19H5F5N6O4S.